The lowest BCUT2D eigenvalue weighted by Crippen LogP contribution is -2.38. The molecule has 0 amide bonds. The maximum Gasteiger partial charge on any atom is 0.149 e. The first kappa shape index (κ1) is 12.3. The van der Waals surface area contributed by atoms with Crippen molar-refractivity contribution in [2.24, 2.45) is 0 Å². The summed E-state index contributed by atoms with van der Waals surface area (Å²) in [6.07, 6.45) is 1.35. The minimum atomic E-state index is -0.262. The topological polar surface area (TPSA) is 46.2 Å². The number of Topliss-reactive ketones (excluding diaryl/α,β-unsaturated/α-hetero) is 2. The van der Waals surface area contributed by atoms with Crippen LogP contribution < -0.4 is 5.32 Å². The predicted octanol–water partition coefficient (Wildman–Crippen LogP) is 1.31. The second-order valence-electron chi connectivity index (χ2n) is 3.03. The summed E-state index contributed by atoms with van der Waals surface area (Å²) >= 11 is 0. The molecule has 0 aliphatic carbocycles. The van der Waals surface area contributed by atoms with Crippen LogP contribution in [-0.4, -0.2) is 24.2 Å². The van der Waals surface area contributed by atoms with Crippen molar-refractivity contribution >= 4 is 11.6 Å². The number of carbonyl (C=O) groups is 2. The quantitative estimate of drug-likeness (QED) is 0.650. The lowest BCUT2D eigenvalue weighted by Gasteiger charge is -2.14. The van der Waals surface area contributed by atoms with E-state index in [0.29, 0.717) is 19.3 Å². The Morgan fingerprint density at radius 2 is 1.77 bits per heavy atom. The Morgan fingerprint density at radius 1 is 1.15 bits per heavy atom. The lowest BCUT2D eigenvalue weighted by molar-refractivity contribution is -0.125. The highest BCUT2D eigenvalue weighted by molar-refractivity contribution is 5.90. The summed E-state index contributed by atoms with van der Waals surface area (Å²) in [5.41, 5.74) is 0. The van der Waals surface area contributed by atoms with E-state index in [2.05, 4.69) is 5.32 Å². The summed E-state index contributed by atoms with van der Waals surface area (Å²) in [6.45, 7) is 6.31. The molecule has 0 saturated heterocycles. The summed E-state index contributed by atoms with van der Waals surface area (Å²) in [5.74, 6) is 0.274. The average molecular weight is 185 g/mol. The van der Waals surface area contributed by atoms with Gasteiger partial charge in [-0.2, -0.15) is 0 Å². The van der Waals surface area contributed by atoms with Gasteiger partial charge in [0.15, 0.2) is 0 Å². The number of carbonyl (C=O) groups excluding carboxylic acids is 2. The van der Waals surface area contributed by atoms with Crippen LogP contribution in [0.25, 0.3) is 0 Å². The first-order chi connectivity index (χ1) is 6.15. The SMILES string of the molecule is CCNC(CC(=O)CC)C(=O)CC. The number of nitrogens with one attached hydrogen (secondary N) is 1. The summed E-state index contributed by atoms with van der Waals surface area (Å²) in [4.78, 5) is 22.5. The summed E-state index contributed by atoms with van der Waals surface area (Å²) < 4.78 is 0. The monoisotopic (exact) mass is 185 g/mol. The van der Waals surface area contributed by atoms with E-state index in [1.165, 1.54) is 0 Å². The van der Waals surface area contributed by atoms with Gasteiger partial charge in [0.2, 0.25) is 0 Å². The van der Waals surface area contributed by atoms with Gasteiger partial charge in [0.1, 0.15) is 11.6 Å². The molecule has 0 heterocycles. The summed E-state index contributed by atoms with van der Waals surface area (Å²) in [6, 6.07) is -0.262. The van der Waals surface area contributed by atoms with E-state index in [1.54, 1.807) is 0 Å². The minimum absolute atomic E-state index is 0.128. The smallest absolute Gasteiger partial charge is 0.149 e. The Kier molecular flexibility index (Phi) is 6.41. The predicted molar refractivity (Wildman–Crippen MR) is 52.7 cm³/mol. The fourth-order valence-corrected chi connectivity index (χ4v) is 1.16. The lowest BCUT2D eigenvalue weighted by atomic mass is 10.0. The zero-order valence-electron chi connectivity index (χ0n) is 8.72. The van der Waals surface area contributed by atoms with Crippen LogP contribution in [0.1, 0.15) is 40.0 Å². The molecule has 1 atom stereocenters. The highest BCUT2D eigenvalue weighted by Crippen LogP contribution is 2.00. The molecule has 0 saturated carbocycles. The van der Waals surface area contributed by atoms with Crippen LogP contribution in [-0.2, 0) is 9.59 Å². The third-order valence-corrected chi connectivity index (χ3v) is 2.01. The molecule has 13 heavy (non-hydrogen) atoms. The highest BCUT2D eigenvalue weighted by atomic mass is 16.1. The molecule has 0 bridgehead atoms. The van der Waals surface area contributed by atoms with E-state index in [1.807, 2.05) is 20.8 Å². The molecule has 1 unspecified atom stereocenters. The molecule has 0 aromatic rings. The third kappa shape index (κ3) is 4.78. The van der Waals surface area contributed by atoms with Gasteiger partial charge in [-0.15, -0.1) is 0 Å². The fourth-order valence-electron chi connectivity index (χ4n) is 1.16. The molecule has 0 aliphatic heterocycles. The Balaban J connectivity index is 4.08. The Bertz CT molecular complexity index is 178. The van der Waals surface area contributed by atoms with Gasteiger partial charge in [-0.1, -0.05) is 20.8 Å². The van der Waals surface area contributed by atoms with Crippen LogP contribution in [0.5, 0.6) is 0 Å². The van der Waals surface area contributed by atoms with Crippen molar-refractivity contribution < 1.29 is 9.59 Å². The van der Waals surface area contributed by atoms with E-state index in [9.17, 15) is 9.59 Å². The first-order valence-electron chi connectivity index (χ1n) is 4.93. The van der Waals surface area contributed by atoms with Crippen molar-refractivity contribution in [1.82, 2.24) is 5.32 Å². The second kappa shape index (κ2) is 6.78. The molecule has 3 nitrogen and oxygen atoms in total. The van der Waals surface area contributed by atoms with Gasteiger partial charge < -0.3 is 5.32 Å². The van der Waals surface area contributed by atoms with Gasteiger partial charge in [-0.3, -0.25) is 9.59 Å². The standard InChI is InChI=1S/C10H19NO2/c1-4-8(12)7-9(11-6-3)10(13)5-2/h9,11H,4-7H2,1-3H3. The van der Waals surface area contributed by atoms with Gasteiger partial charge in [-0.25, -0.2) is 0 Å². The van der Waals surface area contributed by atoms with E-state index >= 15 is 0 Å². The minimum Gasteiger partial charge on any atom is -0.307 e. The largest absolute Gasteiger partial charge is 0.307 e. The number of rotatable bonds is 7. The van der Waals surface area contributed by atoms with Crippen LogP contribution in [0.4, 0.5) is 0 Å². The van der Waals surface area contributed by atoms with E-state index in [-0.39, 0.29) is 17.6 Å². The van der Waals surface area contributed by atoms with E-state index < -0.39 is 0 Å². The molecular weight excluding hydrogens is 166 g/mol. The summed E-state index contributed by atoms with van der Waals surface area (Å²) in [7, 11) is 0. The van der Waals surface area contributed by atoms with Crippen LogP contribution in [0.2, 0.25) is 0 Å². The van der Waals surface area contributed by atoms with Crippen molar-refractivity contribution in [2.75, 3.05) is 6.54 Å². The fraction of sp³-hybridized carbons (Fsp3) is 0.800. The van der Waals surface area contributed by atoms with Crippen molar-refractivity contribution in [3.05, 3.63) is 0 Å². The van der Waals surface area contributed by atoms with Crippen molar-refractivity contribution in [3.63, 3.8) is 0 Å². The molecule has 0 rings (SSSR count). The Hall–Kier alpha value is -0.700. The maximum absolute atomic E-state index is 11.3. The van der Waals surface area contributed by atoms with Gasteiger partial charge in [0, 0.05) is 19.3 Å². The molecule has 0 aromatic carbocycles. The first-order valence-corrected chi connectivity index (χ1v) is 4.93. The van der Waals surface area contributed by atoms with Gasteiger partial charge in [0.05, 0.1) is 6.04 Å². The molecule has 3 heteroatoms. The van der Waals surface area contributed by atoms with Crippen molar-refractivity contribution in [2.45, 2.75) is 46.1 Å². The number of likely N-dealkylation sites (N-methyl/N-ethyl adjacent to an activating group) is 1. The molecule has 0 aromatic heterocycles. The number of hydrogen-bond donors (Lipinski definition) is 1. The van der Waals surface area contributed by atoms with Crippen LogP contribution in [0.3, 0.4) is 0 Å². The van der Waals surface area contributed by atoms with Crippen LogP contribution in [0, 0.1) is 0 Å². The van der Waals surface area contributed by atoms with Crippen molar-refractivity contribution in [1.29, 1.82) is 0 Å². The third-order valence-electron chi connectivity index (χ3n) is 2.01. The molecule has 0 aliphatic rings. The summed E-state index contributed by atoms with van der Waals surface area (Å²) in [5, 5.41) is 3.03. The molecule has 1 N–H and O–H groups in total. The van der Waals surface area contributed by atoms with Gasteiger partial charge >= 0.3 is 0 Å². The van der Waals surface area contributed by atoms with Gasteiger partial charge in [-0.05, 0) is 6.54 Å². The van der Waals surface area contributed by atoms with E-state index in [4.69, 9.17) is 0 Å². The van der Waals surface area contributed by atoms with E-state index in [0.717, 1.165) is 6.54 Å². The van der Waals surface area contributed by atoms with Gasteiger partial charge in [0.25, 0.3) is 0 Å². The molecule has 0 spiro atoms. The second-order valence-corrected chi connectivity index (χ2v) is 3.03. The normalized spacial score (nSPS) is 12.5. The zero-order valence-corrected chi connectivity index (χ0v) is 8.72. The molecule has 0 fully saturated rings. The number of hydrogen-bond acceptors (Lipinski definition) is 3. The Labute approximate surface area is 79.9 Å². The highest BCUT2D eigenvalue weighted by Gasteiger charge is 2.17. The van der Waals surface area contributed by atoms with Crippen molar-refractivity contribution in [3.8, 4) is 0 Å². The maximum atomic E-state index is 11.3. The zero-order chi connectivity index (χ0) is 10.3. The number of ketones is 2. The van der Waals surface area contributed by atoms with Crippen LogP contribution >= 0.6 is 0 Å². The molecule has 76 valence electrons. The Morgan fingerprint density at radius 3 is 2.15 bits per heavy atom. The van der Waals surface area contributed by atoms with Crippen LogP contribution in [0.15, 0.2) is 0 Å². The molecular formula is C10H19NO2. The molecule has 0 radical (unpaired) electrons. The average Bonchev–Trinajstić information content (AvgIpc) is 2.15.